The van der Waals surface area contributed by atoms with Crippen molar-refractivity contribution in [1.29, 1.82) is 0 Å². The van der Waals surface area contributed by atoms with Crippen molar-refractivity contribution in [2.45, 2.75) is 5.75 Å². The fraction of sp³-hybridized carbons (Fsp3) is 0.500. The highest BCUT2D eigenvalue weighted by Crippen LogP contribution is 2.28. The number of nitro groups is 1. The van der Waals surface area contributed by atoms with Crippen molar-refractivity contribution in [2.24, 2.45) is 5.92 Å². The maximum absolute atomic E-state index is 11.7. The number of halogens is 1. The van der Waals surface area contributed by atoms with Gasteiger partial charge in [0.25, 0.3) is 0 Å². The summed E-state index contributed by atoms with van der Waals surface area (Å²) in [5, 5.41) is 17.0. The molecule has 2 N–H and O–H groups in total. The van der Waals surface area contributed by atoms with Gasteiger partial charge < -0.3 is 15.4 Å². The number of ether oxygens (including phenoxy) is 1. The third kappa shape index (κ3) is 5.89. The van der Waals surface area contributed by atoms with Gasteiger partial charge in [-0.1, -0.05) is 6.07 Å². The second kappa shape index (κ2) is 9.59. The first-order valence-corrected chi connectivity index (χ1v) is 8.12. The van der Waals surface area contributed by atoms with Crippen LogP contribution in [0.15, 0.2) is 18.2 Å². The molecule has 0 aromatic heterocycles. The lowest BCUT2D eigenvalue weighted by Crippen LogP contribution is -2.48. The van der Waals surface area contributed by atoms with Crippen molar-refractivity contribution in [3.63, 3.8) is 0 Å². The summed E-state index contributed by atoms with van der Waals surface area (Å²) in [5.41, 5.74) is 0.746. The van der Waals surface area contributed by atoms with Crippen molar-refractivity contribution in [1.82, 2.24) is 10.6 Å². The van der Waals surface area contributed by atoms with Gasteiger partial charge in [0.2, 0.25) is 5.91 Å². The number of methoxy groups -OCH3 is 1. The molecule has 1 aliphatic rings. The van der Waals surface area contributed by atoms with Crippen LogP contribution in [0, 0.1) is 16.0 Å². The number of nitro benzene ring substituents is 1. The number of benzene rings is 1. The Morgan fingerprint density at radius 3 is 2.83 bits per heavy atom. The number of nitrogens with zero attached hydrogens (tertiary/aromatic N) is 1. The molecule has 0 atom stereocenters. The van der Waals surface area contributed by atoms with E-state index in [4.69, 9.17) is 4.74 Å². The summed E-state index contributed by atoms with van der Waals surface area (Å²) in [4.78, 5) is 22.2. The molecule has 0 radical (unpaired) electrons. The van der Waals surface area contributed by atoms with E-state index < -0.39 is 4.92 Å². The van der Waals surface area contributed by atoms with Crippen LogP contribution in [0.1, 0.15) is 5.56 Å². The molecule has 23 heavy (non-hydrogen) atoms. The summed E-state index contributed by atoms with van der Waals surface area (Å²) in [5.74, 6) is 1.67. The molecule has 9 heteroatoms. The van der Waals surface area contributed by atoms with Gasteiger partial charge >= 0.3 is 5.69 Å². The van der Waals surface area contributed by atoms with E-state index in [1.165, 1.54) is 24.9 Å². The maximum atomic E-state index is 11.7. The first kappa shape index (κ1) is 19.5. The highest BCUT2D eigenvalue weighted by atomic mass is 35.5. The molecule has 0 aliphatic carbocycles. The molecule has 128 valence electrons. The number of rotatable bonds is 8. The minimum Gasteiger partial charge on any atom is -0.490 e. The molecule has 0 bridgehead atoms. The molecule has 1 aromatic rings. The van der Waals surface area contributed by atoms with Crippen LogP contribution in [-0.2, 0) is 10.5 Å². The summed E-state index contributed by atoms with van der Waals surface area (Å²) < 4.78 is 4.96. The fourth-order valence-corrected chi connectivity index (χ4v) is 2.84. The minimum absolute atomic E-state index is 0. The number of nitrogens with one attached hydrogen (secondary N) is 2. The van der Waals surface area contributed by atoms with Gasteiger partial charge in [0.15, 0.2) is 5.75 Å². The lowest BCUT2D eigenvalue weighted by atomic mass is 10.0. The molecule has 0 saturated carbocycles. The largest absolute Gasteiger partial charge is 0.490 e. The van der Waals surface area contributed by atoms with E-state index in [9.17, 15) is 14.9 Å². The molecule has 0 unspecified atom stereocenters. The van der Waals surface area contributed by atoms with Crippen LogP contribution >= 0.6 is 24.2 Å². The van der Waals surface area contributed by atoms with E-state index in [1.807, 2.05) is 0 Å². The molecule has 1 amide bonds. The zero-order valence-corrected chi connectivity index (χ0v) is 14.4. The molecule has 7 nitrogen and oxygen atoms in total. The lowest BCUT2D eigenvalue weighted by Gasteiger charge is -2.27. The van der Waals surface area contributed by atoms with Crippen molar-refractivity contribution >= 4 is 35.8 Å². The number of amides is 1. The normalized spacial score (nSPS) is 13.6. The molecule has 1 heterocycles. The van der Waals surface area contributed by atoms with E-state index in [1.54, 1.807) is 12.1 Å². The first-order chi connectivity index (χ1) is 10.6. The van der Waals surface area contributed by atoms with Crippen molar-refractivity contribution < 1.29 is 14.5 Å². The third-order valence-corrected chi connectivity index (χ3v) is 4.40. The van der Waals surface area contributed by atoms with Crippen LogP contribution in [0.25, 0.3) is 0 Å². The quantitative estimate of drug-likeness (QED) is 0.539. The van der Waals surface area contributed by atoms with Crippen LogP contribution in [-0.4, -0.2) is 43.3 Å². The van der Waals surface area contributed by atoms with Gasteiger partial charge in [0.05, 0.1) is 17.8 Å². The van der Waals surface area contributed by atoms with E-state index in [2.05, 4.69) is 10.6 Å². The lowest BCUT2D eigenvalue weighted by molar-refractivity contribution is -0.385. The van der Waals surface area contributed by atoms with Gasteiger partial charge in [0.1, 0.15) is 0 Å². The van der Waals surface area contributed by atoms with Crippen LogP contribution < -0.4 is 15.4 Å². The number of hydrogen-bond acceptors (Lipinski definition) is 6. The van der Waals surface area contributed by atoms with Gasteiger partial charge in [-0.15, -0.1) is 24.2 Å². The molecule has 1 aliphatic heterocycles. The first-order valence-electron chi connectivity index (χ1n) is 6.96. The van der Waals surface area contributed by atoms with Gasteiger partial charge in [-0.05, 0) is 11.6 Å². The van der Waals surface area contributed by atoms with Crippen LogP contribution in [0.3, 0.4) is 0 Å². The molecule has 0 spiro atoms. The maximum Gasteiger partial charge on any atom is 0.311 e. The van der Waals surface area contributed by atoms with Crippen LogP contribution in [0.5, 0.6) is 5.75 Å². The van der Waals surface area contributed by atoms with E-state index in [0.717, 1.165) is 18.7 Å². The molecular weight excluding hydrogens is 342 g/mol. The van der Waals surface area contributed by atoms with Gasteiger partial charge in [0, 0.05) is 37.4 Å². The predicted molar refractivity (Wildman–Crippen MR) is 92.4 cm³/mol. The van der Waals surface area contributed by atoms with E-state index >= 15 is 0 Å². The number of thioether (sulfide) groups is 1. The minimum atomic E-state index is -0.466. The Morgan fingerprint density at radius 2 is 2.26 bits per heavy atom. The summed E-state index contributed by atoms with van der Waals surface area (Å²) in [6, 6.07) is 4.85. The van der Waals surface area contributed by atoms with Gasteiger partial charge in [-0.2, -0.15) is 0 Å². The predicted octanol–water partition coefficient (Wildman–Crippen LogP) is 1.59. The molecule has 1 saturated heterocycles. The standard InChI is InChI=1S/C14H19N3O4S.ClH/c1-21-13-3-2-10(4-12(13)17(19)20)8-22-9-14(18)16-7-11-5-15-6-11;/h2-4,11,15H,5-9H2,1H3,(H,16,18);1H. The van der Waals surface area contributed by atoms with Gasteiger partial charge in [-0.3, -0.25) is 14.9 Å². The molecule has 1 fully saturated rings. The van der Waals surface area contributed by atoms with Crippen LogP contribution in [0.2, 0.25) is 0 Å². The highest BCUT2D eigenvalue weighted by molar-refractivity contribution is 7.99. The Labute approximate surface area is 145 Å². The zero-order chi connectivity index (χ0) is 15.9. The second-order valence-corrected chi connectivity index (χ2v) is 6.07. The Bertz CT molecular complexity index is 555. The SMILES string of the molecule is COc1ccc(CSCC(=O)NCC2CNC2)cc1[N+](=O)[O-].Cl. The summed E-state index contributed by atoms with van der Waals surface area (Å²) >= 11 is 1.43. The number of carbonyl (C=O) groups is 1. The smallest absolute Gasteiger partial charge is 0.311 e. The fourth-order valence-electron chi connectivity index (χ4n) is 2.03. The molecule has 1 aromatic carbocycles. The summed E-state index contributed by atoms with van der Waals surface area (Å²) in [6.45, 7) is 2.63. The Morgan fingerprint density at radius 1 is 1.52 bits per heavy atom. The number of carbonyl (C=O) groups excluding carboxylic acids is 1. The summed E-state index contributed by atoms with van der Waals surface area (Å²) in [6.07, 6.45) is 0. The second-order valence-electron chi connectivity index (χ2n) is 5.08. The van der Waals surface area contributed by atoms with E-state index in [-0.39, 0.29) is 29.8 Å². The van der Waals surface area contributed by atoms with Gasteiger partial charge in [-0.25, -0.2) is 0 Å². The molecular formula is C14H20ClN3O4S. The monoisotopic (exact) mass is 361 g/mol. The van der Waals surface area contributed by atoms with E-state index in [0.29, 0.717) is 24.0 Å². The Hall–Kier alpha value is -1.51. The Balaban J connectivity index is 0.00000264. The zero-order valence-electron chi connectivity index (χ0n) is 12.7. The van der Waals surface area contributed by atoms with Crippen LogP contribution in [0.4, 0.5) is 5.69 Å². The summed E-state index contributed by atoms with van der Waals surface area (Å²) in [7, 11) is 1.40. The average molecular weight is 362 g/mol. The average Bonchev–Trinajstić information content (AvgIpc) is 2.45. The number of hydrogen-bond donors (Lipinski definition) is 2. The van der Waals surface area contributed by atoms with Crippen molar-refractivity contribution in [2.75, 3.05) is 32.5 Å². The Kier molecular flexibility index (Phi) is 8.15. The topological polar surface area (TPSA) is 93.5 Å². The third-order valence-electron chi connectivity index (χ3n) is 3.40. The van der Waals surface area contributed by atoms with Crippen molar-refractivity contribution in [3.05, 3.63) is 33.9 Å². The van der Waals surface area contributed by atoms with Crippen molar-refractivity contribution in [3.8, 4) is 5.75 Å². The highest BCUT2D eigenvalue weighted by Gasteiger charge is 2.17. The molecule has 2 rings (SSSR count).